The lowest BCUT2D eigenvalue weighted by molar-refractivity contribution is -0.0749. The molecule has 0 bridgehead atoms. The van der Waals surface area contributed by atoms with Gasteiger partial charge >= 0.3 is 6.01 Å². The average molecular weight is 364 g/mol. The number of aromatic nitrogens is 4. The van der Waals surface area contributed by atoms with Gasteiger partial charge in [0.05, 0.1) is 12.4 Å². The first-order chi connectivity index (χ1) is 12.9. The Bertz CT molecular complexity index is 827. The van der Waals surface area contributed by atoms with Crippen molar-refractivity contribution in [2.45, 2.75) is 76.1 Å². The van der Waals surface area contributed by atoms with Gasteiger partial charge in [0.15, 0.2) is 23.2 Å². The monoisotopic (exact) mass is 364 g/mol. The molecular formula is C17H25N5O4. The van der Waals surface area contributed by atoms with E-state index in [2.05, 4.69) is 15.0 Å². The standard InChI is InChI=1S/C17H25N5O4/c1-3-17(24)9(2)25-15(12(17)23)22-8-19-11-13(18)20-16(21-14(11)22)26-10-6-4-5-7-10/h8-10,12,15,23-24H,3-7H2,1-2H3,(H2,18,20,21)/t9-,12+,15?,17+/m1/s1/i1D. The molecule has 9 nitrogen and oxygen atoms in total. The summed E-state index contributed by atoms with van der Waals surface area (Å²) < 4.78 is 20.6. The molecular weight excluding hydrogens is 338 g/mol. The van der Waals surface area contributed by atoms with E-state index in [-0.39, 0.29) is 31.3 Å². The van der Waals surface area contributed by atoms with E-state index in [1.165, 1.54) is 10.9 Å². The number of fused-ring (bicyclic) bond motifs is 1. The highest BCUT2D eigenvalue weighted by Crippen LogP contribution is 2.40. The molecule has 4 atom stereocenters. The lowest BCUT2D eigenvalue weighted by Gasteiger charge is -2.27. The lowest BCUT2D eigenvalue weighted by Crippen LogP contribution is -2.45. The maximum atomic E-state index is 10.8. The molecule has 2 aromatic heterocycles. The number of hydrogen-bond acceptors (Lipinski definition) is 8. The first kappa shape index (κ1) is 16.2. The van der Waals surface area contributed by atoms with Gasteiger partial charge in [0, 0.05) is 1.37 Å². The minimum absolute atomic E-state index is 0.0207. The first-order valence-corrected chi connectivity index (χ1v) is 8.96. The van der Waals surface area contributed by atoms with Crippen LogP contribution in [-0.2, 0) is 4.74 Å². The van der Waals surface area contributed by atoms with Crippen molar-refractivity contribution in [2.24, 2.45) is 0 Å². The molecule has 2 aliphatic rings. The molecule has 0 aromatic carbocycles. The molecule has 2 fully saturated rings. The van der Waals surface area contributed by atoms with Crippen molar-refractivity contribution in [3.63, 3.8) is 0 Å². The largest absolute Gasteiger partial charge is 0.460 e. The van der Waals surface area contributed by atoms with Gasteiger partial charge in [0.2, 0.25) is 0 Å². The highest BCUT2D eigenvalue weighted by molar-refractivity contribution is 5.82. The number of aliphatic hydroxyl groups is 2. The van der Waals surface area contributed by atoms with Crippen molar-refractivity contribution >= 4 is 17.0 Å². The molecule has 1 saturated heterocycles. The zero-order valence-corrected chi connectivity index (χ0v) is 14.7. The smallest absolute Gasteiger partial charge is 0.320 e. The first-order valence-electron chi connectivity index (χ1n) is 9.66. The molecule has 0 spiro atoms. The fourth-order valence-corrected chi connectivity index (χ4v) is 3.77. The van der Waals surface area contributed by atoms with E-state index in [4.69, 9.17) is 16.6 Å². The second-order valence-electron chi connectivity index (χ2n) is 7.09. The van der Waals surface area contributed by atoms with Gasteiger partial charge in [-0.05, 0) is 39.0 Å². The van der Waals surface area contributed by atoms with E-state index in [1.807, 2.05) is 0 Å². The van der Waals surface area contributed by atoms with Gasteiger partial charge in [0.1, 0.15) is 17.8 Å². The quantitative estimate of drug-likeness (QED) is 0.737. The van der Waals surface area contributed by atoms with Gasteiger partial charge in [-0.15, -0.1) is 0 Å². The Morgan fingerprint density at radius 1 is 1.46 bits per heavy atom. The predicted octanol–water partition coefficient (Wildman–Crippen LogP) is 1.15. The highest BCUT2D eigenvalue weighted by atomic mass is 16.6. The summed E-state index contributed by atoms with van der Waals surface area (Å²) in [5.74, 6) is 0.189. The van der Waals surface area contributed by atoms with Gasteiger partial charge < -0.3 is 25.4 Å². The van der Waals surface area contributed by atoms with Crippen LogP contribution in [-0.4, -0.2) is 53.6 Å². The van der Waals surface area contributed by atoms with Gasteiger partial charge in [-0.2, -0.15) is 9.97 Å². The minimum Gasteiger partial charge on any atom is -0.460 e. The van der Waals surface area contributed by atoms with Gasteiger partial charge in [-0.3, -0.25) is 4.57 Å². The third-order valence-electron chi connectivity index (χ3n) is 5.51. The van der Waals surface area contributed by atoms with Crippen LogP contribution in [0.25, 0.3) is 11.2 Å². The Morgan fingerprint density at radius 2 is 2.23 bits per heavy atom. The van der Waals surface area contributed by atoms with E-state index in [0.717, 1.165) is 25.7 Å². The fraction of sp³-hybridized carbons (Fsp3) is 0.706. The summed E-state index contributed by atoms with van der Waals surface area (Å²) in [6, 6.07) is 0.176. The van der Waals surface area contributed by atoms with Gasteiger partial charge in [0.25, 0.3) is 0 Å². The van der Waals surface area contributed by atoms with Crippen LogP contribution in [0.1, 0.15) is 53.5 Å². The number of rotatable bonds is 4. The van der Waals surface area contributed by atoms with E-state index >= 15 is 0 Å². The Balaban J connectivity index is 1.69. The Morgan fingerprint density at radius 3 is 2.96 bits per heavy atom. The summed E-state index contributed by atoms with van der Waals surface area (Å²) in [6.07, 6.45) is 3.03. The average Bonchev–Trinajstić information content (AvgIpc) is 3.32. The third-order valence-corrected chi connectivity index (χ3v) is 5.51. The lowest BCUT2D eigenvalue weighted by atomic mass is 9.90. The maximum Gasteiger partial charge on any atom is 0.320 e. The van der Waals surface area contributed by atoms with Crippen LogP contribution >= 0.6 is 0 Å². The number of aliphatic hydroxyl groups excluding tert-OH is 1. The SMILES string of the molecule is [2H]CC[C@]1(O)[C@@H](C)OC(n2cnc3c(N)nc(OC4CCCC4)nc32)[C@@H]1O. The van der Waals surface area contributed by atoms with Crippen LogP contribution < -0.4 is 10.5 Å². The number of nitrogen functional groups attached to an aromatic ring is 1. The summed E-state index contributed by atoms with van der Waals surface area (Å²) >= 11 is 0. The predicted molar refractivity (Wildman–Crippen MR) is 93.5 cm³/mol. The van der Waals surface area contributed by atoms with Gasteiger partial charge in [-0.1, -0.05) is 6.90 Å². The molecule has 0 amide bonds. The summed E-state index contributed by atoms with van der Waals surface area (Å²) in [4.78, 5) is 12.9. The normalized spacial score (nSPS) is 33.0. The van der Waals surface area contributed by atoms with E-state index < -0.39 is 24.0 Å². The van der Waals surface area contributed by atoms with Crippen LogP contribution in [0.2, 0.25) is 0 Å². The Labute approximate surface area is 152 Å². The van der Waals surface area contributed by atoms with Crippen LogP contribution in [0.5, 0.6) is 6.01 Å². The topological polar surface area (TPSA) is 129 Å². The van der Waals surface area contributed by atoms with Crippen molar-refractivity contribution in [1.82, 2.24) is 19.5 Å². The molecule has 9 heteroatoms. The number of nitrogens with two attached hydrogens (primary N) is 1. The fourth-order valence-electron chi connectivity index (χ4n) is 3.77. The van der Waals surface area contributed by atoms with Crippen molar-refractivity contribution in [3.8, 4) is 6.01 Å². The molecule has 1 unspecified atom stereocenters. The number of anilines is 1. The van der Waals surface area contributed by atoms with Crippen LogP contribution in [0.4, 0.5) is 5.82 Å². The van der Waals surface area contributed by atoms with Crippen molar-refractivity contribution in [2.75, 3.05) is 5.73 Å². The Kier molecular flexibility index (Phi) is 3.95. The molecule has 2 aromatic rings. The summed E-state index contributed by atoms with van der Waals surface area (Å²) in [5.41, 5.74) is 5.27. The van der Waals surface area contributed by atoms with Crippen LogP contribution in [0.3, 0.4) is 0 Å². The second-order valence-corrected chi connectivity index (χ2v) is 7.09. The molecule has 1 saturated carbocycles. The van der Waals surface area contributed by atoms with Crippen molar-refractivity contribution < 1.29 is 21.1 Å². The molecule has 1 aliphatic carbocycles. The summed E-state index contributed by atoms with van der Waals surface area (Å²) in [5, 5.41) is 21.5. The van der Waals surface area contributed by atoms with E-state index in [9.17, 15) is 10.2 Å². The molecule has 0 radical (unpaired) electrons. The van der Waals surface area contributed by atoms with E-state index in [1.54, 1.807) is 6.92 Å². The molecule has 142 valence electrons. The number of nitrogens with zero attached hydrogens (tertiary/aromatic N) is 4. The van der Waals surface area contributed by atoms with Crippen molar-refractivity contribution in [1.29, 1.82) is 0 Å². The summed E-state index contributed by atoms with van der Waals surface area (Å²) in [6.45, 7) is 1.66. The van der Waals surface area contributed by atoms with Crippen molar-refractivity contribution in [3.05, 3.63) is 6.33 Å². The zero-order chi connectivity index (χ0) is 19.2. The number of hydrogen-bond donors (Lipinski definition) is 3. The van der Waals surface area contributed by atoms with E-state index in [0.29, 0.717) is 11.2 Å². The molecule has 4 N–H and O–H groups in total. The van der Waals surface area contributed by atoms with Gasteiger partial charge in [-0.25, -0.2) is 4.98 Å². The zero-order valence-electron chi connectivity index (χ0n) is 15.7. The molecule has 3 heterocycles. The summed E-state index contributed by atoms with van der Waals surface area (Å²) in [7, 11) is 0. The maximum absolute atomic E-state index is 10.8. The Hall–Kier alpha value is -1.97. The van der Waals surface area contributed by atoms with Crippen LogP contribution in [0, 0.1) is 0 Å². The number of imidazole rings is 1. The minimum atomic E-state index is -1.51. The molecule has 1 aliphatic heterocycles. The highest BCUT2D eigenvalue weighted by Gasteiger charge is 2.53. The van der Waals surface area contributed by atoms with Crippen LogP contribution in [0.15, 0.2) is 6.33 Å². The number of ether oxygens (including phenoxy) is 2. The molecule has 4 rings (SSSR count). The second kappa shape index (κ2) is 6.33. The third kappa shape index (κ3) is 2.62. The molecule has 26 heavy (non-hydrogen) atoms.